The van der Waals surface area contributed by atoms with E-state index in [0.717, 1.165) is 25.2 Å². The summed E-state index contributed by atoms with van der Waals surface area (Å²) >= 11 is 0. The van der Waals surface area contributed by atoms with E-state index in [1.807, 2.05) is 18.2 Å². The van der Waals surface area contributed by atoms with Gasteiger partial charge >= 0.3 is 0 Å². The lowest BCUT2D eigenvalue weighted by Gasteiger charge is -2.21. The van der Waals surface area contributed by atoms with E-state index in [0.29, 0.717) is 18.8 Å². The molecule has 112 valence electrons. The molecule has 0 aliphatic heterocycles. The van der Waals surface area contributed by atoms with Gasteiger partial charge in [-0.25, -0.2) is 5.84 Å². The van der Waals surface area contributed by atoms with Crippen LogP contribution >= 0.6 is 0 Å². The molecule has 20 heavy (non-hydrogen) atoms. The van der Waals surface area contributed by atoms with Crippen LogP contribution in [0.15, 0.2) is 24.3 Å². The molecule has 1 rings (SSSR count). The van der Waals surface area contributed by atoms with E-state index in [1.165, 1.54) is 0 Å². The van der Waals surface area contributed by atoms with Crippen LogP contribution in [0.1, 0.15) is 15.9 Å². The Bertz CT molecular complexity index is 404. The van der Waals surface area contributed by atoms with Gasteiger partial charge in [0.2, 0.25) is 0 Å². The zero-order chi connectivity index (χ0) is 14.8. The van der Waals surface area contributed by atoms with Crippen molar-refractivity contribution in [3.8, 4) is 0 Å². The topological polar surface area (TPSA) is 76.8 Å². The van der Waals surface area contributed by atoms with Crippen molar-refractivity contribution in [2.45, 2.75) is 6.54 Å². The molecular formula is C14H23N3O3. The van der Waals surface area contributed by atoms with E-state index < -0.39 is 0 Å². The first kappa shape index (κ1) is 16.6. The maximum Gasteiger partial charge on any atom is 0.265 e. The van der Waals surface area contributed by atoms with Crippen molar-refractivity contribution in [3.05, 3.63) is 35.4 Å². The van der Waals surface area contributed by atoms with Crippen LogP contribution in [0, 0.1) is 0 Å². The number of carbonyl (C=O) groups is 1. The van der Waals surface area contributed by atoms with Crippen LogP contribution in [0.25, 0.3) is 0 Å². The Kier molecular flexibility index (Phi) is 7.82. The van der Waals surface area contributed by atoms with Crippen LogP contribution in [0.2, 0.25) is 0 Å². The van der Waals surface area contributed by atoms with Crippen LogP contribution in [0.4, 0.5) is 0 Å². The van der Waals surface area contributed by atoms with Gasteiger partial charge in [0.25, 0.3) is 5.91 Å². The van der Waals surface area contributed by atoms with Crippen LogP contribution in [-0.2, 0) is 16.0 Å². The Hall–Kier alpha value is -1.47. The third-order valence-electron chi connectivity index (χ3n) is 2.95. The van der Waals surface area contributed by atoms with Gasteiger partial charge in [0, 0.05) is 39.4 Å². The molecule has 0 saturated carbocycles. The van der Waals surface area contributed by atoms with Gasteiger partial charge in [-0.3, -0.25) is 15.1 Å². The van der Waals surface area contributed by atoms with Crippen molar-refractivity contribution >= 4 is 5.91 Å². The minimum atomic E-state index is -0.285. The molecule has 0 aliphatic rings. The van der Waals surface area contributed by atoms with Gasteiger partial charge < -0.3 is 9.47 Å². The summed E-state index contributed by atoms with van der Waals surface area (Å²) in [6.07, 6.45) is 0. The molecule has 0 heterocycles. The fraction of sp³-hybridized carbons (Fsp3) is 0.500. The number of hydrazine groups is 1. The van der Waals surface area contributed by atoms with Crippen LogP contribution in [0.5, 0.6) is 0 Å². The summed E-state index contributed by atoms with van der Waals surface area (Å²) in [5, 5.41) is 0. The summed E-state index contributed by atoms with van der Waals surface area (Å²) in [5.74, 6) is 4.86. The molecule has 0 radical (unpaired) electrons. The second kappa shape index (κ2) is 9.44. The van der Waals surface area contributed by atoms with E-state index in [2.05, 4.69) is 10.3 Å². The Morgan fingerprint density at radius 1 is 1.25 bits per heavy atom. The van der Waals surface area contributed by atoms with Crippen molar-refractivity contribution in [1.29, 1.82) is 0 Å². The monoisotopic (exact) mass is 281 g/mol. The number of hydrogen-bond acceptors (Lipinski definition) is 5. The summed E-state index contributed by atoms with van der Waals surface area (Å²) in [5.41, 5.74) is 3.75. The van der Waals surface area contributed by atoms with Gasteiger partial charge in [0.15, 0.2) is 0 Å². The number of benzene rings is 1. The molecule has 0 fully saturated rings. The SMILES string of the molecule is COCCN(CCOC)Cc1cccc(C(=O)NN)c1. The predicted molar refractivity (Wildman–Crippen MR) is 77.1 cm³/mol. The zero-order valence-corrected chi connectivity index (χ0v) is 12.1. The molecule has 6 heteroatoms. The van der Waals surface area contributed by atoms with Gasteiger partial charge in [0.05, 0.1) is 13.2 Å². The molecule has 3 N–H and O–H groups in total. The molecule has 1 aromatic rings. The maximum atomic E-state index is 11.5. The largest absolute Gasteiger partial charge is 0.383 e. The van der Waals surface area contributed by atoms with Crippen LogP contribution in [-0.4, -0.2) is 51.3 Å². The van der Waals surface area contributed by atoms with Crippen molar-refractivity contribution in [2.75, 3.05) is 40.5 Å². The number of amides is 1. The van der Waals surface area contributed by atoms with E-state index >= 15 is 0 Å². The van der Waals surface area contributed by atoms with Gasteiger partial charge in [-0.15, -0.1) is 0 Å². The number of carbonyl (C=O) groups excluding carboxylic acids is 1. The first-order chi connectivity index (χ1) is 9.71. The molecule has 0 aromatic heterocycles. The number of nitrogens with zero attached hydrogens (tertiary/aromatic N) is 1. The Labute approximate surface area is 119 Å². The fourth-order valence-electron chi connectivity index (χ4n) is 1.86. The number of hydrogen-bond donors (Lipinski definition) is 2. The van der Waals surface area contributed by atoms with Crippen molar-refractivity contribution in [3.63, 3.8) is 0 Å². The summed E-state index contributed by atoms with van der Waals surface area (Å²) in [4.78, 5) is 13.7. The van der Waals surface area contributed by atoms with Crippen molar-refractivity contribution in [2.24, 2.45) is 5.84 Å². The number of nitrogens with one attached hydrogen (secondary N) is 1. The molecule has 1 amide bonds. The average molecular weight is 281 g/mol. The fourth-order valence-corrected chi connectivity index (χ4v) is 1.86. The standard InChI is InChI=1S/C14H23N3O3/c1-19-8-6-17(7-9-20-2)11-12-4-3-5-13(10-12)14(18)16-15/h3-5,10H,6-9,11,15H2,1-2H3,(H,16,18). The molecule has 0 bridgehead atoms. The average Bonchev–Trinajstić information content (AvgIpc) is 2.49. The van der Waals surface area contributed by atoms with Crippen molar-refractivity contribution in [1.82, 2.24) is 10.3 Å². The molecular weight excluding hydrogens is 258 g/mol. The van der Waals surface area contributed by atoms with Crippen molar-refractivity contribution < 1.29 is 14.3 Å². The van der Waals surface area contributed by atoms with Gasteiger partial charge in [0.1, 0.15) is 0 Å². The van der Waals surface area contributed by atoms with Gasteiger partial charge in [-0.1, -0.05) is 12.1 Å². The number of nitrogens with two attached hydrogens (primary N) is 1. The predicted octanol–water partition coefficient (Wildman–Crippen LogP) is 0.385. The highest BCUT2D eigenvalue weighted by Gasteiger charge is 2.08. The van der Waals surface area contributed by atoms with Gasteiger partial charge in [-0.05, 0) is 17.7 Å². The maximum absolute atomic E-state index is 11.5. The zero-order valence-electron chi connectivity index (χ0n) is 12.1. The second-order valence-corrected chi connectivity index (χ2v) is 4.44. The Balaban J connectivity index is 2.68. The Morgan fingerprint density at radius 2 is 1.90 bits per heavy atom. The minimum Gasteiger partial charge on any atom is -0.383 e. The highest BCUT2D eigenvalue weighted by Crippen LogP contribution is 2.08. The molecule has 0 unspecified atom stereocenters. The summed E-state index contributed by atoms with van der Waals surface area (Å²) < 4.78 is 10.2. The summed E-state index contributed by atoms with van der Waals surface area (Å²) in [6.45, 7) is 3.68. The van der Waals surface area contributed by atoms with Gasteiger partial charge in [-0.2, -0.15) is 0 Å². The minimum absolute atomic E-state index is 0.285. The smallest absolute Gasteiger partial charge is 0.265 e. The normalized spacial score (nSPS) is 10.8. The highest BCUT2D eigenvalue weighted by atomic mass is 16.5. The number of methoxy groups -OCH3 is 2. The first-order valence-electron chi connectivity index (χ1n) is 6.51. The van der Waals surface area contributed by atoms with E-state index in [9.17, 15) is 4.79 Å². The van der Waals surface area contributed by atoms with E-state index in [1.54, 1.807) is 20.3 Å². The molecule has 6 nitrogen and oxygen atoms in total. The van der Waals surface area contributed by atoms with Crippen LogP contribution in [0.3, 0.4) is 0 Å². The lowest BCUT2D eigenvalue weighted by Crippen LogP contribution is -2.31. The highest BCUT2D eigenvalue weighted by molar-refractivity contribution is 5.93. The molecule has 0 spiro atoms. The van der Waals surface area contributed by atoms with E-state index in [-0.39, 0.29) is 5.91 Å². The summed E-state index contributed by atoms with van der Waals surface area (Å²) in [6, 6.07) is 7.42. The van der Waals surface area contributed by atoms with E-state index in [4.69, 9.17) is 15.3 Å². The lowest BCUT2D eigenvalue weighted by atomic mass is 10.1. The molecule has 0 saturated heterocycles. The molecule has 0 aliphatic carbocycles. The number of rotatable bonds is 9. The quantitative estimate of drug-likeness (QED) is 0.389. The summed E-state index contributed by atoms with van der Waals surface area (Å²) in [7, 11) is 3.36. The number of nitrogen functional groups attached to an aromatic ring is 1. The Morgan fingerprint density at radius 3 is 2.45 bits per heavy atom. The molecule has 1 aromatic carbocycles. The first-order valence-corrected chi connectivity index (χ1v) is 6.51. The lowest BCUT2D eigenvalue weighted by molar-refractivity contribution is 0.0952. The number of ether oxygens (including phenoxy) is 2. The molecule has 0 atom stereocenters. The van der Waals surface area contributed by atoms with Crippen LogP contribution < -0.4 is 11.3 Å². The third-order valence-corrected chi connectivity index (χ3v) is 2.95. The third kappa shape index (κ3) is 5.66. The second-order valence-electron chi connectivity index (χ2n) is 4.44.